The van der Waals surface area contributed by atoms with Crippen LogP contribution in [0, 0.1) is 11.8 Å². The van der Waals surface area contributed by atoms with Crippen molar-refractivity contribution in [2.24, 2.45) is 11.8 Å². The zero-order valence-electron chi connectivity index (χ0n) is 15.9. The Labute approximate surface area is 151 Å². The lowest BCUT2D eigenvalue weighted by Crippen LogP contribution is -2.38. The van der Waals surface area contributed by atoms with Gasteiger partial charge in [-0.25, -0.2) is 0 Å². The largest absolute Gasteiger partial charge is 0.459 e. The highest BCUT2D eigenvalue weighted by atomic mass is 16.6. The maximum Gasteiger partial charge on any atom is 0.311 e. The first kappa shape index (κ1) is 18.9. The summed E-state index contributed by atoms with van der Waals surface area (Å²) in [7, 11) is 0. The van der Waals surface area contributed by atoms with Crippen LogP contribution in [0.25, 0.3) is 0 Å². The summed E-state index contributed by atoms with van der Waals surface area (Å²) in [6.07, 6.45) is 7.31. The van der Waals surface area contributed by atoms with Gasteiger partial charge in [0.05, 0.1) is 18.1 Å². The van der Waals surface area contributed by atoms with Crippen LogP contribution >= 0.6 is 0 Å². The second-order valence-corrected chi connectivity index (χ2v) is 8.18. The van der Waals surface area contributed by atoms with E-state index < -0.39 is 0 Å². The highest BCUT2D eigenvalue weighted by molar-refractivity contribution is 5.75. The molecule has 5 nitrogen and oxygen atoms in total. The molecule has 0 unspecified atom stereocenters. The predicted octanol–water partition coefficient (Wildman–Crippen LogP) is 2.53. The van der Waals surface area contributed by atoms with Crippen LogP contribution in [0.2, 0.25) is 0 Å². The number of carbonyl (C=O) groups excluding carboxylic acids is 1. The molecule has 0 aromatic heterocycles. The standard InChI is InChI=1S/C20H33NO4/c1-4-10-21(11-12-22)13-16-15-8-7-14(2)6-5-9-20(3)18(25-20)17(15)24-19(16)23/h6,15-18,22H,4-5,7-13H2,1-3H3/b14-6+/t15-,16-,17-,18-,20+/m0/s1. The number of aliphatic hydroxyl groups excluding tert-OH is 1. The lowest BCUT2D eigenvalue weighted by Gasteiger charge is -2.27. The number of esters is 1. The van der Waals surface area contributed by atoms with Crippen molar-refractivity contribution < 1.29 is 19.4 Å². The van der Waals surface area contributed by atoms with Crippen molar-refractivity contribution in [3.63, 3.8) is 0 Å². The number of ether oxygens (including phenoxy) is 2. The number of aliphatic hydroxyl groups is 1. The molecule has 0 saturated carbocycles. The Hall–Kier alpha value is -0.910. The molecular formula is C20H33NO4. The summed E-state index contributed by atoms with van der Waals surface area (Å²) in [6, 6.07) is 0. The van der Waals surface area contributed by atoms with E-state index in [4.69, 9.17) is 9.47 Å². The quantitative estimate of drug-likeness (QED) is 0.453. The van der Waals surface area contributed by atoms with E-state index in [0.717, 1.165) is 38.6 Å². The van der Waals surface area contributed by atoms with Gasteiger partial charge in [-0.3, -0.25) is 4.79 Å². The molecule has 0 bridgehead atoms. The third-order valence-corrected chi connectivity index (χ3v) is 6.15. The van der Waals surface area contributed by atoms with Gasteiger partial charge in [0, 0.05) is 19.0 Å². The maximum atomic E-state index is 12.6. The number of hydrogen-bond donors (Lipinski definition) is 1. The number of hydrogen-bond acceptors (Lipinski definition) is 5. The molecule has 2 heterocycles. The molecule has 25 heavy (non-hydrogen) atoms. The minimum atomic E-state index is -0.138. The zero-order chi connectivity index (χ0) is 18.0. The number of epoxide rings is 1. The molecule has 0 aromatic carbocycles. The fourth-order valence-corrected chi connectivity index (χ4v) is 4.58. The highest BCUT2D eigenvalue weighted by Gasteiger charge is 2.62. The smallest absolute Gasteiger partial charge is 0.311 e. The number of carbonyl (C=O) groups is 1. The second-order valence-electron chi connectivity index (χ2n) is 8.18. The van der Waals surface area contributed by atoms with Crippen molar-refractivity contribution in [1.29, 1.82) is 0 Å². The van der Waals surface area contributed by atoms with Crippen LogP contribution < -0.4 is 0 Å². The SMILES string of the molecule is CCCN(CCO)C[C@@H]1C(=O)O[C@H]2[C@H]1CC/C(C)=C/CC[C@@]1(C)O[C@@H]21. The molecule has 0 amide bonds. The van der Waals surface area contributed by atoms with Gasteiger partial charge in [-0.2, -0.15) is 0 Å². The third-order valence-electron chi connectivity index (χ3n) is 6.15. The molecule has 2 aliphatic heterocycles. The molecule has 1 N–H and O–H groups in total. The first-order valence-corrected chi connectivity index (χ1v) is 9.85. The molecule has 5 heteroatoms. The van der Waals surface area contributed by atoms with E-state index in [0.29, 0.717) is 13.1 Å². The zero-order valence-corrected chi connectivity index (χ0v) is 15.9. The Morgan fingerprint density at radius 1 is 1.40 bits per heavy atom. The molecule has 3 rings (SSSR count). The molecule has 0 spiro atoms. The van der Waals surface area contributed by atoms with Gasteiger partial charge in [-0.1, -0.05) is 18.6 Å². The van der Waals surface area contributed by atoms with E-state index in [9.17, 15) is 9.90 Å². The van der Waals surface area contributed by atoms with Crippen molar-refractivity contribution in [2.45, 2.75) is 70.7 Å². The average molecular weight is 351 g/mol. The van der Waals surface area contributed by atoms with Gasteiger partial charge in [0.2, 0.25) is 0 Å². The summed E-state index contributed by atoms with van der Waals surface area (Å²) in [6.45, 7) is 8.79. The fraction of sp³-hybridized carbons (Fsp3) is 0.850. The molecular weight excluding hydrogens is 318 g/mol. The van der Waals surface area contributed by atoms with Gasteiger partial charge in [0.25, 0.3) is 0 Å². The second kappa shape index (κ2) is 7.77. The molecule has 0 radical (unpaired) electrons. The van der Waals surface area contributed by atoms with E-state index in [-0.39, 0.29) is 42.2 Å². The van der Waals surface area contributed by atoms with E-state index in [1.165, 1.54) is 5.57 Å². The van der Waals surface area contributed by atoms with Crippen molar-refractivity contribution in [2.75, 3.05) is 26.2 Å². The van der Waals surface area contributed by atoms with Crippen molar-refractivity contribution >= 4 is 5.97 Å². The summed E-state index contributed by atoms with van der Waals surface area (Å²) in [5.41, 5.74) is 1.26. The van der Waals surface area contributed by atoms with Gasteiger partial charge < -0.3 is 19.5 Å². The predicted molar refractivity (Wildman–Crippen MR) is 96.2 cm³/mol. The van der Waals surface area contributed by atoms with E-state index in [2.05, 4.69) is 31.7 Å². The Bertz CT molecular complexity index is 514. The van der Waals surface area contributed by atoms with Crippen LogP contribution in [-0.2, 0) is 14.3 Å². The topological polar surface area (TPSA) is 62.3 Å². The summed E-state index contributed by atoms with van der Waals surface area (Å²) >= 11 is 0. The van der Waals surface area contributed by atoms with Crippen molar-refractivity contribution in [3.8, 4) is 0 Å². The first-order valence-electron chi connectivity index (χ1n) is 9.85. The van der Waals surface area contributed by atoms with E-state index in [1.807, 2.05) is 0 Å². The highest BCUT2D eigenvalue weighted by Crippen LogP contribution is 2.50. The molecule has 2 saturated heterocycles. The minimum absolute atomic E-state index is 0.0516. The average Bonchev–Trinajstić information content (AvgIpc) is 3.13. The van der Waals surface area contributed by atoms with Crippen LogP contribution in [-0.4, -0.2) is 60.0 Å². The lowest BCUT2D eigenvalue weighted by molar-refractivity contribution is -0.145. The van der Waals surface area contributed by atoms with Gasteiger partial charge in [0.1, 0.15) is 12.2 Å². The molecule has 5 atom stereocenters. The Morgan fingerprint density at radius 2 is 2.20 bits per heavy atom. The van der Waals surface area contributed by atoms with E-state index in [1.54, 1.807) is 0 Å². The summed E-state index contributed by atoms with van der Waals surface area (Å²) in [5.74, 6) is 0.0235. The lowest BCUT2D eigenvalue weighted by atomic mass is 9.80. The van der Waals surface area contributed by atoms with Gasteiger partial charge in [0.15, 0.2) is 0 Å². The molecule has 142 valence electrons. The Kier molecular flexibility index (Phi) is 5.86. The Balaban J connectivity index is 1.77. The summed E-state index contributed by atoms with van der Waals surface area (Å²) < 4.78 is 11.9. The number of fused-ring (bicyclic) bond motifs is 3. The van der Waals surface area contributed by atoms with Gasteiger partial charge in [-0.15, -0.1) is 0 Å². The van der Waals surface area contributed by atoms with Gasteiger partial charge in [-0.05, 0) is 52.5 Å². The molecule has 3 aliphatic rings. The van der Waals surface area contributed by atoms with Crippen LogP contribution in [0.3, 0.4) is 0 Å². The molecule has 0 aromatic rings. The minimum Gasteiger partial charge on any atom is -0.459 e. The Morgan fingerprint density at radius 3 is 2.92 bits per heavy atom. The summed E-state index contributed by atoms with van der Waals surface area (Å²) in [4.78, 5) is 14.8. The number of allylic oxidation sites excluding steroid dienone is 2. The maximum absolute atomic E-state index is 12.6. The van der Waals surface area contributed by atoms with Gasteiger partial charge >= 0.3 is 5.97 Å². The summed E-state index contributed by atoms with van der Waals surface area (Å²) in [5, 5.41) is 9.32. The van der Waals surface area contributed by atoms with E-state index >= 15 is 0 Å². The molecule has 1 aliphatic carbocycles. The van der Waals surface area contributed by atoms with Crippen LogP contribution in [0.15, 0.2) is 11.6 Å². The normalized spacial score (nSPS) is 40.0. The molecule has 2 fully saturated rings. The fourth-order valence-electron chi connectivity index (χ4n) is 4.58. The third kappa shape index (κ3) is 4.09. The van der Waals surface area contributed by atoms with Crippen molar-refractivity contribution in [3.05, 3.63) is 11.6 Å². The number of nitrogens with zero attached hydrogens (tertiary/aromatic N) is 1. The van der Waals surface area contributed by atoms with Crippen molar-refractivity contribution in [1.82, 2.24) is 4.90 Å². The number of rotatable bonds is 6. The van der Waals surface area contributed by atoms with Crippen LogP contribution in [0.4, 0.5) is 0 Å². The van der Waals surface area contributed by atoms with Crippen LogP contribution in [0.5, 0.6) is 0 Å². The monoisotopic (exact) mass is 351 g/mol. The van der Waals surface area contributed by atoms with Crippen LogP contribution in [0.1, 0.15) is 52.9 Å². The first-order chi connectivity index (χ1) is 12.0.